The highest BCUT2D eigenvalue weighted by Gasteiger charge is 2.29. The number of anilines is 1. The molecule has 0 spiro atoms. The predicted molar refractivity (Wildman–Crippen MR) is 117 cm³/mol. The van der Waals surface area contributed by atoms with Gasteiger partial charge in [-0.3, -0.25) is 19.0 Å². The molecule has 166 valence electrons. The molecule has 1 aliphatic rings. The van der Waals surface area contributed by atoms with Gasteiger partial charge in [0.25, 0.3) is 15.6 Å². The van der Waals surface area contributed by atoms with Crippen LogP contribution in [0.25, 0.3) is 0 Å². The van der Waals surface area contributed by atoms with Gasteiger partial charge in [0.15, 0.2) is 5.16 Å². The predicted octanol–water partition coefficient (Wildman–Crippen LogP) is 1.73. The smallest absolute Gasteiger partial charge is 0.264 e. The molecule has 1 aliphatic heterocycles. The molecule has 3 rings (SSSR count). The van der Waals surface area contributed by atoms with Gasteiger partial charge in [0.2, 0.25) is 11.8 Å². The fraction of sp³-hybridized carbons (Fsp3) is 0.400. The SMILES string of the molecule is CC(=O)NS(=O)(=O)c1ccc(NC(=O)C2CSc3nc(C(C)(C)C)cc(=O)n3C2)cc1. The number of hydrogen-bond donors (Lipinski definition) is 2. The Labute approximate surface area is 184 Å². The molecule has 2 aromatic rings. The standard InChI is InChI=1S/C20H24N4O5S2/c1-12(25)23-31(28,29)15-7-5-14(6-8-15)21-18(27)13-10-24-17(26)9-16(20(2,3)4)22-19(24)30-11-13/h5-9,13H,10-11H2,1-4H3,(H,21,27)(H,23,25). The lowest BCUT2D eigenvalue weighted by molar-refractivity contribution is -0.120. The van der Waals surface area contributed by atoms with E-state index >= 15 is 0 Å². The summed E-state index contributed by atoms with van der Waals surface area (Å²) in [4.78, 5) is 40.8. The van der Waals surface area contributed by atoms with E-state index in [9.17, 15) is 22.8 Å². The van der Waals surface area contributed by atoms with Gasteiger partial charge in [-0.25, -0.2) is 18.1 Å². The zero-order valence-corrected chi connectivity index (χ0v) is 19.3. The van der Waals surface area contributed by atoms with Crippen LogP contribution in [0.2, 0.25) is 0 Å². The summed E-state index contributed by atoms with van der Waals surface area (Å²) < 4.78 is 27.4. The van der Waals surface area contributed by atoms with Gasteiger partial charge in [0, 0.05) is 36.4 Å². The van der Waals surface area contributed by atoms with Gasteiger partial charge in [-0.15, -0.1) is 0 Å². The van der Waals surface area contributed by atoms with Gasteiger partial charge in [-0.1, -0.05) is 32.5 Å². The van der Waals surface area contributed by atoms with Crippen LogP contribution in [0.15, 0.2) is 45.2 Å². The summed E-state index contributed by atoms with van der Waals surface area (Å²) in [5, 5.41) is 3.35. The summed E-state index contributed by atoms with van der Waals surface area (Å²) in [5.41, 5.74) is 0.695. The molecule has 2 N–H and O–H groups in total. The minimum atomic E-state index is -3.94. The third kappa shape index (κ3) is 5.34. The molecule has 11 heteroatoms. The van der Waals surface area contributed by atoms with E-state index in [1.807, 2.05) is 25.5 Å². The second kappa shape index (κ2) is 8.46. The molecule has 0 saturated heterocycles. The van der Waals surface area contributed by atoms with Crippen molar-refractivity contribution in [2.75, 3.05) is 11.1 Å². The van der Waals surface area contributed by atoms with E-state index in [0.29, 0.717) is 22.3 Å². The minimum absolute atomic E-state index is 0.0878. The monoisotopic (exact) mass is 464 g/mol. The van der Waals surface area contributed by atoms with Crippen molar-refractivity contribution in [1.29, 1.82) is 0 Å². The highest BCUT2D eigenvalue weighted by Crippen LogP contribution is 2.28. The van der Waals surface area contributed by atoms with Gasteiger partial charge in [-0.2, -0.15) is 0 Å². The Morgan fingerprint density at radius 2 is 1.84 bits per heavy atom. The average Bonchev–Trinajstić information content (AvgIpc) is 2.66. The Hall–Kier alpha value is -2.66. The first-order valence-corrected chi connectivity index (χ1v) is 12.0. The molecule has 1 unspecified atom stereocenters. The molecule has 1 aromatic carbocycles. The molecular weight excluding hydrogens is 440 g/mol. The minimum Gasteiger partial charge on any atom is -0.326 e. The van der Waals surface area contributed by atoms with Gasteiger partial charge in [0.05, 0.1) is 16.5 Å². The van der Waals surface area contributed by atoms with Crippen molar-refractivity contribution in [2.24, 2.45) is 5.92 Å². The Balaban J connectivity index is 1.72. The fourth-order valence-corrected chi connectivity index (χ4v) is 5.04. The topological polar surface area (TPSA) is 127 Å². The van der Waals surface area contributed by atoms with Crippen LogP contribution in [0.4, 0.5) is 5.69 Å². The number of amides is 2. The van der Waals surface area contributed by atoms with Crippen molar-refractivity contribution in [1.82, 2.24) is 14.3 Å². The Morgan fingerprint density at radius 3 is 2.42 bits per heavy atom. The first kappa shape index (κ1) is 23.0. The average molecular weight is 465 g/mol. The maximum Gasteiger partial charge on any atom is 0.264 e. The van der Waals surface area contributed by atoms with E-state index < -0.39 is 21.8 Å². The summed E-state index contributed by atoms with van der Waals surface area (Å²) in [6.07, 6.45) is 0. The van der Waals surface area contributed by atoms with Gasteiger partial charge < -0.3 is 5.32 Å². The first-order valence-electron chi connectivity index (χ1n) is 9.56. The molecular formula is C20H24N4O5S2. The molecule has 1 atom stereocenters. The number of rotatable bonds is 4. The zero-order valence-electron chi connectivity index (χ0n) is 17.6. The van der Waals surface area contributed by atoms with Crippen LogP contribution in [-0.4, -0.2) is 35.5 Å². The third-order valence-electron chi connectivity index (χ3n) is 4.64. The molecule has 1 aromatic heterocycles. The molecule has 0 saturated carbocycles. The Morgan fingerprint density at radius 1 is 1.19 bits per heavy atom. The number of sulfonamides is 1. The summed E-state index contributed by atoms with van der Waals surface area (Å²) >= 11 is 1.36. The van der Waals surface area contributed by atoms with Crippen LogP contribution in [0.1, 0.15) is 33.4 Å². The van der Waals surface area contributed by atoms with E-state index in [2.05, 4.69) is 10.3 Å². The van der Waals surface area contributed by atoms with Gasteiger partial charge in [0.1, 0.15) is 0 Å². The summed E-state index contributed by atoms with van der Waals surface area (Å²) in [6.45, 7) is 7.30. The largest absolute Gasteiger partial charge is 0.326 e. The van der Waals surface area contributed by atoms with Crippen molar-refractivity contribution in [3.05, 3.63) is 46.4 Å². The molecule has 2 heterocycles. The molecule has 0 fully saturated rings. The van der Waals surface area contributed by atoms with Crippen LogP contribution >= 0.6 is 11.8 Å². The number of aromatic nitrogens is 2. The summed E-state index contributed by atoms with van der Waals surface area (Å²) in [7, 11) is -3.94. The maximum atomic E-state index is 12.7. The van der Waals surface area contributed by atoms with Crippen molar-refractivity contribution in [2.45, 2.75) is 49.7 Å². The number of nitrogens with one attached hydrogen (secondary N) is 2. The molecule has 0 aliphatic carbocycles. The van der Waals surface area contributed by atoms with Crippen molar-refractivity contribution in [3.8, 4) is 0 Å². The highest BCUT2D eigenvalue weighted by atomic mass is 32.2. The van der Waals surface area contributed by atoms with E-state index in [0.717, 1.165) is 6.92 Å². The zero-order chi connectivity index (χ0) is 23.0. The van der Waals surface area contributed by atoms with Crippen LogP contribution in [0.3, 0.4) is 0 Å². The van der Waals surface area contributed by atoms with Crippen molar-refractivity contribution in [3.63, 3.8) is 0 Å². The molecule has 0 bridgehead atoms. The van der Waals surface area contributed by atoms with Crippen molar-refractivity contribution >= 4 is 39.3 Å². The normalized spacial score (nSPS) is 16.3. The maximum absolute atomic E-state index is 12.7. The number of carbonyl (C=O) groups excluding carboxylic acids is 2. The number of benzene rings is 1. The van der Waals surface area contributed by atoms with E-state index in [4.69, 9.17) is 0 Å². The number of fused-ring (bicyclic) bond motifs is 1. The number of thioether (sulfide) groups is 1. The van der Waals surface area contributed by atoms with Crippen LogP contribution in [0, 0.1) is 5.92 Å². The Kier molecular flexibility index (Phi) is 6.28. The number of carbonyl (C=O) groups is 2. The molecule has 31 heavy (non-hydrogen) atoms. The second-order valence-corrected chi connectivity index (χ2v) is 11.0. The van der Waals surface area contributed by atoms with Crippen LogP contribution in [-0.2, 0) is 31.6 Å². The van der Waals surface area contributed by atoms with Gasteiger partial charge in [-0.05, 0) is 24.3 Å². The lowest BCUT2D eigenvalue weighted by Gasteiger charge is -2.26. The summed E-state index contributed by atoms with van der Waals surface area (Å²) in [6, 6.07) is 7.00. The number of hydrogen-bond acceptors (Lipinski definition) is 7. The highest BCUT2D eigenvalue weighted by molar-refractivity contribution is 7.99. The van der Waals surface area contributed by atoms with Crippen LogP contribution in [0.5, 0.6) is 0 Å². The third-order valence-corrected chi connectivity index (χ3v) is 7.23. The molecule has 9 nitrogen and oxygen atoms in total. The lowest BCUT2D eigenvalue weighted by Crippen LogP contribution is -2.37. The van der Waals surface area contributed by atoms with E-state index in [1.165, 1.54) is 46.7 Å². The molecule has 2 amide bonds. The lowest BCUT2D eigenvalue weighted by atomic mass is 9.92. The summed E-state index contributed by atoms with van der Waals surface area (Å²) in [5.74, 6) is -0.935. The van der Waals surface area contributed by atoms with Gasteiger partial charge >= 0.3 is 0 Å². The quantitative estimate of drug-likeness (QED) is 0.660. The van der Waals surface area contributed by atoms with E-state index in [-0.39, 0.29) is 28.3 Å². The second-order valence-electron chi connectivity index (χ2n) is 8.31. The van der Waals surface area contributed by atoms with E-state index in [1.54, 1.807) is 0 Å². The number of nitrogens with zero attached hydrogens (tertiary/aromatic N) is 2. The van der Waals surface area contributed by atoms with Crippen LogP contribution < -0.4 is 15.6 Å². The Bertz CT molecular complexity index is 1180. The first-order chi connectivity index (χ1) is 14.4. The van der Waals surface area contributed by atoms with Crippen molar-refractivity contribution < 1.29 is 18.0 Å². The molecule has 0 radical (unpaired) electrons. The fourth-order valence-electron chi connectivity index (χ4n) is 2.96.